The second kappa shape index (κ2) is 9.02. The minimum atomic E-state index is -3.52. The summed E-state index contributed by atoms with van der Waals surface area (Å²) in [5.74, 6) is 0.685. The first kappa shape index (κ1) is 21.9. The summed E-state index contributed by atoms with van der Waals surface area (Å²) in [7, 11) is -3.52. The Morgan fingerprint density at radius 2 is 1.74 bits per heavy atom. The molecule has 1 unspecified atom stereocenters. The van der Waals surface area contributed by atoms with Gasteiger partial charge in [0.15, 0.2) is 0 Å². The van der Waals surface area contributed by atoms with Crippen LogP contribution in [0.1, 0.15) is 20.8 Å². The van der Waals surface area contributed by atoms with Crippen LogP contribution in [0.15, 0.2) is 65.7 Å². The summed E-state index contributed by atoms with van der Waals surface area (Å²) in [6, 6.07) is 17.2. The van der Waals surface area contributed by atoms with Gasteiger partial charge in [-0.25, -0.2) is 8.42 Å². The van der Waals surface area contributed by atoms with Gasteiger partial charge in [0.2, 0.25) is 10.0 Å². The lowest BCUT2D eigenvalue weighted by atomic mass is 10.2. The molecule has 3 aromatic rings. The first-order chi connectivity index (χ1) is 14.8. The van der Waals surface area contributed by atoms with Gasteiger partial charge in [-0.15, -0.1) is 0 Å². The van der Waals surface area contributed by atoms with Crippen molar-refractivity contribution in [3.05, 3.63) is 60.8 Å². The molecule has 7 heteroatoms. The zero-order valence-corrected chi connectivity index (χ0v) is 19.3. The van der Waals surface area contributed by atoms with E-state index in [2.05, 4.69) is 46.0 Å². The molecule has 0 aliphatic carbocycles. The summed E-state index contributed by atoms with van der Waals surface area (Å²) >= 11 is 0. The molecule has 166 valence electrons. The molecule has 0 radical (unpaired) electrons. The second-order valence-corrected chi connectivity index (χ2v) is 10.4. The molecule has 1 fully saturated rings. The minimum absolute atomic E-state index is 0.0556. The van der Waals surface area contributed by atoms with Gasteiger partial charge in [0.05, 0.1) is 11.0 Å². The molecule has 31 heavy (non-hydrogen) atoms. The number of aromatic nitrogens is 1. The fourth-order valence-electron chi connectivity index (χ4n) is 4.26. The Morgan fingerprint density at radius 1 is 1.00 bits per heavy atom. The van der Waals surface area contributed by atoms with Crippen molar-refractivity contribution in [3.63, 3.8) is 0 Å². The third-order valence-electron chi connectivity index (χ3n) is 5.79. The van der Waals surface area contributed by atoms with Crippen molar-refractivity contribution in [2.75, 3.05) is 26.2 Å². The van der Waals surface area contributed by atoms with Crippen LogP contribution in [0.3, 0.4) is 0 Å². The molecule has 6 nitrogen and oxygen atoms in total. The number of rotatable bonds is 7. The Labute approximate surface area is 185 Å². The quantitative estimate of drug-likeness (QED) is 0.559. The predicted octanol–water partition coefficient (Wildman–Crippen LogP) is 3.82. The summed E-state index contributed by atoms with van der Waals surface area (Å²) in [4.78, 5) is 2.67. The smallest absolute Gasteiger partial charge is 0.243 e. The van der Waals surface area contributed by atoms with Gasteiger partial charge in [0, 0.05) is 50.5 Å². The van der Waals surface area contributed by atoms with Crippen LogP contribution in [-0.2, 0) is 16.6 Å². The molecular weight excluding hydrogens is 410 g/mol. The van der Waals surface area contributed by atoms with E-state index in [0.29, 0.717) is 17.2 Å². The lowest BCUT2D eigenvalue weighted by molar-refractivity contribution is 0.140. The Kier molecular flexibility index (Phi) is 6.36. The molecular formula is C24H31N3O3S. The van der Waals surface area contributed by atoms with E-state index >= 15 is 0 Å². The lowest BCUT2D eigenvalue weighted by Gasteiger charge is -2.39. The Morgan fingerprint density at radius 3 is 2.45 bits per heavy atom. The highest BCUT2D eigenvalue weighted by Gasteiger charge is 2.33. The second-order valence-electron chi connectivity index (χ2n) is 8.47. The number of benzene rings is 2. The summed E-state index contributed by atoms with van der Waals surface area (Å²) in [6.07, 6.45) is 2.18. The van der Waals surface area contributed by atoms with E-state index in [-0.39, 0.29) is 12.1 Å². The van der Waals surface area contributed by atoms with Crippen molar-refractivity contribution in [2.24, 2.45) is 0 Å². The Bertz CT molecular complexity index is 1120. The zero-order valence-electron chi connectivity index (χ0n) is 18.4. The van der Waals surface area contributed by atoms with E-state index in [0.717, 1.165) is 26.2 Å². The van der Waals surface area contributed by atoms with Gasteiger partial charge in [-0.3, -0.25) is 4.90 Å². The first-order valence-electron chi connectivity index (χ1n) is 10.9. The van der Waals surface area contributed by atoms with Gasteiger partial charge < -0.3 is 9.30 Å². The van der Waals surface area contributed by atoms with Crippen LogP contribution in [0.25, 0.3) is 10.9 Å². The SMILES string of the molecule is CC(C)Oc1ccc(S(=O)(=O)N2CCN(CCn3ccc4ccccc43)CC2C)cc1. The molecule has 2 heterocycles. The van der Waals surface area contributed by atoms with E-state index in [4.69, 9.17) is 4.74 Å². The van der Waals surface area contributed by atoms with E-state index in [1.165, 1.54) is 10.9 Å². The van der Waals surface area contributed by atoms with Crippen molar-refractivity contribution < 1.29 is 13.2 Å². The van der Waals surface area contributed by atoms with Gasteiger partial charge in [-0.2, -0.15) is 4.31 Å². The van der Waals surface area contributed by atoms with Gasteiger partial charge in [0.1, 0.15) is 5.75 Å². The zero-order chi connectivity index (χ0) is 22.0. The number of para-hydroxylation sites is 1. The van der Waals surface area contributed by atoms with Gasteiger partial charge in [0.25, 0.3) is 0 Å². The maximum Gasteiger partial charge on any atom is 0.243 e. The van der Waals surface area contributed by atoms with E-state index in [9.17, 15) is 8.42 Å². The highest BCUT2D eigenvalue weighted by Crippen LogP contribution is 2.24. The minimum Gasteiger partial charge on any atom is -0.491 e. The molecule has 0 spiro atoms. The highest BCUT2D eigenvalue weighted by molar-refractivity contribution is 7.89. The molecule has 1 aliphatic heterocycles. The van der Waals surface area contributed by atoms with Crippen molar-refractivity contribution >= 4 is 20.9 Å². The summed E-state index contributed by atoms with van der Waals surface area (Å²) in [5.41, 5.74) is 1.24. The van der Waals surface area contributed by atoms with Crippen LogP contribution in [0.4, 0.5) is 0 Å². The average Bonchev–Trinajstić information content (AvgIpc) is 3.15. The van der Waals surface area contributed by atoms with Crippen molar-refractivity contribution in [1.29, 1.82) is 0 Å². The number of piperazine rings is 1. The molecule has 1 aliphatic rings. The van der Waals surface area contributed by atoms with Crippen molar-refractivity contribution in [3.8, 4) is 5.75 Å². The van der Waals surface area contributed by atoms with Crippen LogP contribution < -0.4 is 4.74 Å². The fraction of sp³-hybridized carbons (Fsp3) is 0.417. The standard InChI is InChI=1S/C24H31N3O3S/c1-19(2)30-22-8-10-23(11-9-22)31(28,29)27-17-15-25(18-20(27)3)14-16-26-13-12-21-6-4-5-7-24(21)26/h4-13,19-20H,14-18H2,1-3H3. The van der Waals surface area contributed by atoms with Crippen LogP contribution in [0.5, 0.6) is 5.75 Å². The van der Waals surface area contributed by atoms with Gasteiger partial charge >= 0.3 is 0 Å². The van der Waals surface area contributed by atoms with E-state index in [1.807, 2.05) is 20.8 Å². The van der Waals surface area contributed by atoms with Gasteiger partial charge in [-0.05, 0) is 62.6 Å². The van der Waals surface area contributed by atoms with Crippen LogP contribution in [-0.4, -0.2) is 60.5 Å². The number of hydrogen-bond donors (Lipinski definition) is 0. The normalized spacial score (nSPS) is 18.6. The fourth-order valence-corrected chi connectivity index (χ4v) is 5.87. The number of nitrogens with zero attached hydrogens (tertiary/aromatic N) is 3. The number of sulfonamides is 1. The third kappa shape index (κ3) is 4.79. The van der Waals surface area contributed by atoms with Crippen LogP contribution in [0, 0.1) is 0 Å². The topological polar surface area (TPSA) is 54.8 Å². The lowest BCUT2D eigenvalue weighted by Crippen LogP contribution is -2.54. The number of hydrogen-bond acceptors (Lipinski definition) is 4. The maximum atomic E-state index is 13.2. The molecule has 4 rings (SSSR count). The maximum absolute atomic E-state index is 13.2. The van der Waals surface area contributed by atoms with Crippen LogP contribution >= 0.6 is 0 Å². The highest BCUT2D eigenvalue weighted by atomic mass is 32.2. The molecule has 0 bridgehead atoms. The van der Waals surface area contributed by atoms with Gasteiger partial charge in [-0.1, -0.05) is 18.2 Å². The molecule has 1 aromatic heterocycles. The molecule has 2 aromatic carbocycles. The average molecular weight is 442 g/mol. The third-order valence-corrected chi connectivity index (χ3v) is 7.82. The first-order valence-corrected chi connectivity index (χ1v) is 12.3. The molecule has 1 atom stereocenters. The number of ether oxygens (including phenoxy) is 1. The predicted molar refractivity (Wildman–Crippen MR) is 124 cm³/mol. The van der Waals surface area contributed by atoms with Crippen molar-refractivity contribution in [1.82, 2.24) is 13.8 Å². The monoisotopic (exact) mass is 441 g/mol. The Balaban J connectivity index is 1.38. The summed E-state index contributed by atoms with van der Waals surface area (Å²) in [5, 5.41) is 1.25. The molecule has 1 saturated heterocycles. The van der Waals surface area contributed by atoms with Crippen molar-refractivity contribution in [2.45, 2.75) is 44.4 Å². The largest absolute Gasteiger partial charge is 0.491 e. The molecule has 0 N–H and O–H groups in total. The van der Waals surface area contributed by atoms with E-state index in [1.54, 1.807) is 28.6 Å². The molecule has 0 saturated carbocycles. The summed E-state index contributed by atoms with van der Waals surface area (Å²) < 4.78 is 35.9. The number of fused-ring (bicyclic) bond motifs is 1. The summed E-state index contributed by atoms with van der Waals surface area (Å²) in [6.45, 7) is 9.65. The Hall–Kier alpha value is -2.35. The molecule has 0 amide bonds. The van der Waals surface area contributed by atoms with E-state index < -0.39 is 10.0 Å². The van der Waals surface area contributed by atoms with Crippen LogP contribution in [0.2, 0.25) is 0 Å².